The highest BCUT2D eigenvalue weighted by Crippen LogP contribution is 2.42. The predicted molar refractivity (Wildman–Crippen MR) is 104 cm³/mol. The zero-order chi connectivity index (χ0) is 18.6. The largest absolute Gasteiger partial charge is 0.392 e. The first kappa shape index (κ1) is 18.6. The molecule has 0 unspecified atom stereocenters. The van der Waals surface area contributed by atoms with E-state index in [1.54, 1.807) is 72.8 Å². The molecule has 0 amide bonds. The van der Waals surface area contributed by atoms with E-state index in [-0.39, 0.29) is 19.8 Å². The Bertz CT molecular complexity index is 778. The summed E-state index contributed by atoms with van der Waals surface area (Å²) < 4.78 is 14.2. The van der Waals surface area contributed by atoms with Gasteiger partial charge in [-0.2, -0.15) is 0 Å². The summed E-state index contributed by atoms with van der Waals surface area (Å²) in [7, 11) is -3.11. The lowest BCUT2D eigenvalue weighted by atomic mass is 10.2. The van der Waals surface area contributed by atoms with E-state index in [0.717, 1.165) is 16.7 Å². The molecule has 0 aliphatic heterocycles. The molecular formula is C21H21O4P. The molecule has 4 nitrogen and oxygen atoms in total. The Morgan fingerprint density at radius 3 is 0.923 bits per heavy atom. The maximum atomic E-state index is 14.2. The molecule has 0 saturated carbocycles. The van der Waals surface area contributed by atoms with Crippen LogP contribution in [0.2, 0.25) is 0 Å². The van der Waals surface area contributed by atoms with Gasteiger partial charge in [-0.15, -0.1) is 0 Å². The highest BCUT2D eigenvalue weighted by Gasteiger charge is 2.29. The van der Waals surface area contributed by atoms with Crippen molar-refractivity contribution in [1.82, 2.24) is 0 Å². The summed E-state index contributed by atoms with van der Waals surface area (Å²) in [5, 5.41) is 29.8. The molecule has 3 aromatic carbocycles. The standard InChI is InChI=1S/C21H21O4P/c22-13-16-1-7-19(8-2-16)26(25,20-9-3-17(14-23)4-10-20)21-11-5-18(15-24)6-12-21/h1-12,22-24H,13-15H2. The molecule has 5 heteroatoms. The van der Waals surface area contributed by atoms with E-state index < -0.39 is 7.14 Å². The van der Waals surface area contributed by atoms with Gasteiger partial charge in [0, 0.05) is 15.9 Å². The van der Waals surface area contributed by atoms with Gasteiger partial charge in [-0.1, -0.05) is 72.8 Å². The fraction of sp³-hybridized carbons (Fsp3) is 0.143. The minimum atomic E-state index is -3.11. The Morgan fingerprint density at radius 2 is 0.731 bits per heavy atom. The predicted octanol–water partition coefficient (Wildman–Crippen LogP) is 1.80. The molecule has 0 aliphatic carbocycles. The molecule has 3 aromatic rings. The zero-order valence-electron chi connectivity index (χ0n) is 14.2. The second-order valence-electron chi connectivity index (χ2n) is 6.08. The van der Waals surface area contributed by atoms with Crippen molar-refractivity contribution in [1.29, 1.82) is 0 Å². The lowest BCUT2D eigenvalue weighted by Crippen LogP contribution is -2.25. The quantitative estimate of drug-likeness (QED) is 0.580. The summed E-state index contributed by atoms with van der Waals surface area (Å²) >= 11 is 0. The van der Waals surface area contributed by atoms with Crippen LogP contribution in [0.25, 0.3) is 0 Å². The van der Waals surface area contributed by atoms with Gasteiger partial charge < -0.3 is 19.9 Å². The summed E-state index contributed by atoms with van der Waals surface area (Å²) in [5.41, 5.74) is 2.27. The number of hydrogen-bond donors (Lipinski definition) is 3. The Hall–Kier alpha value is -2.23. The van der Waals surface area contributed by atoms with Crippen LogP contribution in [-0.4, -0.2) is 15.3 Å². The number of benzene rings is 3. The molecule has 0 atom stereocenters. The Morgan fingerprint density at radius 1 is 0.500 bits per heavy atom. The SMILES string of the molecule is O=P(c1ccc(CO)cc1)(c1ccc(CO)cc1)c1ccc(CO)cc1. The summed E-state index contributed by atoms with van der Waals surface area (Å²) in [6, 6.07) is 21.3. The molecule has 0 aromatic heterocycles. The lowest BCUT2D eigenvalue weighted by Gasteiger charge is -2.21. The van der Waals surface area contributed by atoms with Crippen LogP contribution in [0, 0.1) is 0 Å². The number of hydrogen-bond acceptors (Lipinski definition) is 4. The van der Waals surface area contributed by atoms with E-state index >= 15 is 0 Å². The average Bonchev–Trinajstić information content (AvgIpc) is 2.73. The smallest absolute Gasteiger partial charge is 0.171 e. The van der Waals surface area contributed by atoms with Crippen LogP contribution < -0.4 is 15.9 Å². The third kappa shape index (κ3) is 3.50. The van der Waals surface area contributed by atoms with Gasteiger partial charge in [0.25, 0.3) is 0 Å². The maximum absolute atomic E-state index is 14.2. The van der Waals surface area contributed by atoms with Crippen molar-refractivity contribution in [3.8, 4) is 0 Å². The van der Waals surface area contributed by atoms with Gasteiger partial charge in [-0.25, -0.2) is 0 Å². The molecule has 0 saturated heterocycles. The minimum absolute atomic E-state index is 0.0685. The van der Waals surface area contributed by atoms with Crippen molar-refractivity contribution in [2.24, 2.45) is 0 Å². The van der Waals surface area contributed by atoms with Crippen molar-refractivity contribution in [3.05, 3.63) is 89.5 Å². The second-order valence-corrected chi connectivity index (χ2v) is 8.85. The van der Waals surface area contributed by atoms with Crippen LogP contribution in [0.3, 0.4) is 0 Å². The molecular weight excluding hydrogens is 347 g/mol. The Balaban J connectivity index is 2.16. The molecule has 134 valence electrons. The Kier molecular flexibility index (Phi) is 5.70. The van der Waals surface area contributed by atoms with Crippen molar-refractivity contribution >= 4 is 23.1 Å². The summed E-state index contributed by atoms with van der Waals surface area (Å²) in [4.78, 5) is 0. The first-order chi connectivity index (χ1) is 12.6. The highest BCUT2D eigenvalue weighted by atomic mass is 31.2. The van der Waals surface area contributed by atoms with Gasteiger partial charge in [-0.05, 0) is 16.7 Å². The van der Waals surface area contributed by atoms with Gasteiger partial charge in [0.15, 0.2) is 7.14 Å². The minimum Gasteiger partial charge on any atom is -0.392 e. The molecule has 0 heterocycles. The number of rotatable bonds is 6. The van der Waals surface area contributed by atoms with Crippen LogP contribution in [0.15, 0.2) is 72.8 Å². The normalized spacial score (nSPS) is 11.5. The zero-order valence-corrected chi connectivity index (χ0v) is 15.1. The van der Waals surface area contributed by atoms with Crippen LogP contribution in [0.4, 0.5) is 0 Å². The van der Waals surface area contributed by atoms with Gasteiger partial charge in [-0.3, -0.25) is 0 Å². The molecule has 0 radical (unpaired) electrons. The fourth-order valence-electron chi connectivity index (χ4n) is 2.88. The van der Waals surface area contributed by atoms with Crippen LogP contribution in [0.5, 0.6) is 0 Å². The summed E-state index contributed by atoms with van der Waals surface area (Å²) in [6.07, 6.45) is 0. The molecule has 26 heavy (non-hydrogen) atoms. The number of aliphatic hydroxyl groups excluding tert-OH is 3. The summed E-state index contributed by atoms with van der Waals surface area (Å²) in [6.45, 7) is -0.205. The van der Waals surface area contributed by atoms with E-state index in [0.29, 0.717) is 15.9 Å². The number of aliphatic hydroxyl groups is 3. The average molecular weight is 368 g/mol. The molecule has 0 bridgehead atoms. The fourth-order valence-corrected chi connectivity index (χ4v) is 5.48. The van der Waals surface area contributed by atoms with Gasteiger partial charge in [0.2, 0.25) is 0 Å². The van der Waals surface area contributed by atoms with Crippen LogP contribution in [-0.2, 0) is 24.4 Å². The monoisotopic (exact) mass is 368 g/mol. The van der Waals surface area contributed by atoms with Crippen LogP contribution >= 0.6 is 7.14 Å². The van der Waals surface area contributed by atoms with E-state index in [9.17, 15) is 19.9 Å². The van der Waals surface area contributed by atoms with Crippen molar-refractivity contribution < 1.29 is 19.9 Å². The molecule has 3 rings (SSSR count). The third-order valence-corrected chi connectivity index (χ3v) is 7.52. The third-order valence-electron chi connectivity index (χ3n) is 4.45. The van der Waals surface area contributed by atoms with Crippen molar-refractivity contribution in [2.75, 3.05) is 0 Å². The highest BCUT2D eigenvalue weighted by molar-refractivity contribution is 7.85. The first-order valence-corrected chi connectivity index (χ1v) is 10.0. The molecule has 0 fully saturated rings. The molecule has 0 spiro atoms. The van der Waals surface area contributed by atoms with E-state index in [4.69, 9.17) is 0 Å². The van der Waals surface area contributed by atoms with Gasteiger partial charge in [0.05, 0.1) is 19.8 Å². The molecule has 0 aliphatic rings. The lowest BCUT2D eigenvalue weighted by molar-refractivity contribution is 0.281. The van der Waals surface area contributed by atoms with Crippen LogP contribution in [0.1, 0.15) is 16.7 Å². The van der Waals surface area contributed by atoms with Gasteiger partial charge in [0.1, 0.15) is 0 Å². The maximum Gasteiger partial charge on any atom is 0.171 e. The van der Waals surface area contributed by atoms with E-state index in [1.807, 2.05) is 0 Å². The summed E-state index contributed by atoms with van der Waals surface area (Å²) in [5.74, 6) is 0. The topological polar surface area (TPSA) is 77.8 Å². The van der Waals surface area contributed by atoms with E-state index in [1.165, 1.54) is 0 Å². The van der Waals surface area contributed by atoms with Gasteiger partial charge >= 0.3 is 0 Å². The molecule has 3 N–H and O–H groups in total. The van der Waals surface area contributed by atoms with Crippen molar-refractivity contribution in [2.45, 2.75) is 19.8 Å². The second kappa shape index (κ2) is 7.98. The first-order valence-electron chi connectivity index (χ1n) is 8.33. The van der Waals surface area contributed by atoms with Crippen molar-refractivity contribution in [3.63, 3.8) is 0 Å². The van der Waals surface area contributed by atoms with E-state index in [2.05, 4.69) is 0 Å². The Labute approximate surface area is 152 Å².